The maximum Gasteiger partial charge on any atom is 0.573 e. The number of rotatable bonds is 8. The van der Waals surface area contributed by atoms with E-state index in [1.54, 1.807) is 18.2 Å². The monoisotopic (exact) mass is 464 g/mol. The predicted octanol–water partition coefficient (Wildman–Crippen LogP) is 4.99. The van der Waals surface area contributed by atoms with Crippen LogP contribution >= 0.6 is 0 Å². The van der Waals surface area contributed by atoms with Crippen LogP contribution < -0.4 is 20.1 Å². The Labute approximate surface area is 192 Å². The van der Waals surface area contributed by atoms with Gasteiger partial charge in [0.15, 0.2) is 5.96 Å². The molecule has 0 aliphatic carbocycles. The van der Waals surface area contributed by atoms with Crippen LogP contribution in [0, 0.1) is 11.3 Å². The number of guanidine groups is 1. The zero-order valence-electron chi connectivity index (χ0n) is 18.8. The van der Waals surface area contributed by atoms with Crippen LogP contribution in [0.25, 0.3) is 0 Å². The van der Waals surface area contributed by atoms with E-state index in [0.717, 1.165) is 31.6 Å². The van der Waals surface area contributed by atoms with Gasteiger partial charge < -0.3 is 25.0 Å². The minimum atomic E-state index is -4.73. The van der Waals surface area contributed by atoms with Crippen molar-refractivity contribution in [3.8, 4) is 11.5 Å². The second-order valence-electron chi connectivity index (χ2n) is 8.29. The number of hydrogen-bond donors (Lipinski definition) is 2. The minimum Gasteiger partial charge on any atom is -0.489 e. The molecule has 2 aromatic carbocycles. The molecule has 1 heterocycles. The molecule has 1 atom stereocenters. The number of likely N-dealkylation sites (tertiary alicyclic amines) is 1. The normalized spacial score (nSPS) is 16.4. The number of ether oxygens (including phenoxy) is 2. The molecule has 0 bridgehead atoms. The molecule has 6 nitrogen and oxygen atoms in total. The molecular formula is C24H31F3N4O2. The maximum absolute atomic E-state index is 12.4. The second kappa shape index (κ2) is 11.3. The Bertz CT molecular complexity index is 905. The van der Waals surface area contributed by atoms with Crippen molar-refractivity contribution in [2.45, 2.75) is 39.2 Å². The van der Waals surface area contributed by atoms with Gasteiger partial charge in [-0.2, -0.15) is 0 Å². The fraction of sp³-hybridized carbons (Fsp3) is 0.458. The molecule has 1 aliphatic heterocycles. The summed E-state index contributed by atoms with van der Waals surface area (Å²) >= 11 is 0. The van der Waals surface area contributed by atoms with E-state index in [1.165, 1.54) is 24.6 Å². The lowest BCUT2D eigenvalue weighted by Crippen LogP contribution is -2.48. The van der Waals surface area contributed by atoms with Crippen LogP contribution in [0.2, 0.25) is 0 Å². The van der Waals surface area contributed by atoms with Gasteiger partial charge in [0.1, 0.15) is 18.1 Å². The molecule has 0 aromatic heterocycles. The summed E-state index contributed by atoms with van der Waals surface area (Å²) in [6, 6.07) is 13.1. The third-order valence-corrected chi connectivity index (χ3v) is 5.48. The Balaban J connectivity index is 1.64. The second-order valence-corrected chi connectivity index (χ2v) is 8.29. The number of nitrogens with zero attached hydrogens (tertiary/aromatic N) is 2. The summed E-state index contributed by atoms with van der Waals surface area (Å²) in [5.41, 5.74) is 7.15. The number of nitrogens with two attached hydrogens (primary N) is 1. The zero-order chi connectivity index (χ0) is 23.8. The van der Waals surface area contributed by atoms with Gasteiger partial charge in [0.05, 0.1) is 0 Å². The first-order chi connectivity index (χ1) is 15.7. The Morgan fingerprint density at radius 1 is 1.18 bits per heavy atom. The Hall–Kier alpha value is -2.94. The van der Waals surface area contributed by atoms with E-state index in [1.807, 2.05) is 17.0 Å². The summed E-state index contributed by atoms with van der Waals surface area (Å²) in [6.45, 7) is 5.25. The molecule has 33 heavy (non-hydrogen) atoms. The molecule has 9 heteroatoms. The van der Waals surface area contributed by atoms with E-state index in [0.29, 0.717) is 36.3 Å². The van der Waals surface area contributed by atoms with Crippen LogP contribution in [-0.2, 0) is 6.61 Å². The van der Waals surface area contributed by atoms with Crippen molar-refractivity contribution in [2.75, 3.05) is 31.1 Å². The van der Waals surface area contributed by atoms with Gasteiger partial charge in [-0.1, -0.05) is 19.1 Å². The lowest BCUT2D eigenvalue weighted by molar-refractivity contribution is -0.274. The average Bonchev–Trinajstić information content (AvgIpc) is 2.77. The van der Waals surface area contributed by atoms with Gasteiger partial charge in [-0.15, -0.1) is 13.2 Å². The number of anilines is 1. The van der Waals surface area contributed by atoms with E-state index < -0.39 is 6.36 Å². The van der Waals surface area contributed by atoms with Crippen molar-refractivity contribution in [1.82, 2.24) is 4.90 Å². The molecule has 0 spiro atoms. The highest BCUT2D eigenvalue weighted by atomic mass is 19.4. The van der Waals surface area contributed by atoms with Gasteiger partial charge in [0.2, 0.25) is 0 Å². The lowest BCUT2D eigenvalue weighted by atomic mass is 10.0. The molecule has 180 valence electrons. The summed E-state index contributed by atoms with van der Waals surface area (Å²) in [6.07, 6.45) is -1.70. The minimum absolute atomic E-state index is 0.104. The first-order valence-corrected chi connectivity index (χ1v) is 11.1. The first-order valence-electron chi connectivity index (χ1n) is 11.1. The molecule has 2 aromatic rings. The van der Waals surface area contributed by atoms with E-state index in [4.69, 9.17) is 15.9 Å². The summed E-state index contributed by atoms with van der Waals surface area (Å²) in [5.74, 6) is 1.34. The first kappa shape index (κ1) is 24.7. The zero-order valence-corrected chi connectivity index (χ0v) is 18.8. The molecule has 0 radical (unpaired) electrons. The average molecular weight is 465 g/mol. The fourth-order valence-corrected chi connectivity index (χ4v) is 3.88. The van der Waals surface area contributed by atoms with Crippen molar-refractivity contribution in [1.29, 1.82) is 5.41 Å². The maximum atomic E-state index is 12.4. The summed E-state index contributed by atoms with van der Waals surface area (Å²) < 4.78 is 46.9. The topological polar surface area (TPSA) is 74.8 Å². The van der Waals surface area contributed by atoms with Crippen molar-refractivity contribution < 1.29 is 22.6 Å². The van der Waals surface area contributed by atoms with Gasteiger partial charge in [0.25, 0.3) is 0 Å². The number of halogens is 3. The largest absolute Gasteiger partial charge is 0.573 e. The van der Waals surface area contributed by atoms with Crippen molar-refractivity contribution in [3.63, 3.8) is 0 Å². The number of nitrogens with one attached hydrogen (secondary N) is 1. The van der Waals surface area contributed by atoms with E-state index in [9.17, 15) is 13.2 Å². The number of piperidine rings is 1. The molecule has 1 fully saturated rings. The quantitative estimate of drug-likeness (QED) is 0.426. The van der Waals surface area contributed by atoms with Crippen molar-refractivity contribution in [2.24, 2.45) is 11.7 Å². The predicted molar refractivity (Wildman–Crippen MR) is 123 cm³/mol. The van der Waals surface area contributed by atoms with Gasteiger partial charge in [-0.05, 0) is 73.7 Å². The molecule has 0 amide bonds. The lowest BCUT2D eigenvalue weighted by Gasteiger charge is -2.38. The summed E-state index contributed by atoms with van der Waals surface area (Å²) in [7, 11) is 0. The fourth-order valence-electron chi connectivity index (χ4n) is 3.88. The van der Waals surface area contributed by atoms with Crippen LogP contribution in [0.5, 0.6) is 11.5 Å². The smallest absolute Gasteiger partial charge is 0.489 e. The van der Waals surface area contributed by atoms with Gasteiger partial charge in [0, 0.05) is 25.3 Å². The van der Waals surface area contributed by atoms with Gasteiger partial charge in [-0.25, -0.2) is 0 Å². The van der Waals surface area contributed by atoms with Crippen LogP contribution in [0.1, 0.15) is 31.7 Å². The highest BCUT2D eigenvalue weighted by Crippen LogP contribution is 2.26. The third kappa shape index (κ3) is 7.56. The highest BCUT2D eigenvalue weighted by molar-refractivity contribution is 5.94. The molecule has 0 saturated carbocycles. The summed E-state index contributed by atoms with van der Waals surface area (Å²) in [4.78, 5) is 4.08. The SMILES string of the molecule is CC1CCCN(C(=N)N(CCCN)c2ccc(OCc3cccc(OC(F)(F)F)c3)cc2)C1. The Morgan fingerprint density at radius 3 is 2.61 bits per heavy atom. The van der Waals surface area contributed by atoms with E-state index in [-0.39, 0.29) is 12.4 Å². The third-order valence-electron chi connectivity index (χ3n) is 5.48. The van der Waals surface area contributed by atoms with E-state index >= 15 is 0 Å². The van der Waals surface area contributed by atoms with Crippen LogP contribution in [0.3, 0.4) is 0 Å². The highest BCUT2D eigenvalue weighted by Gasteiger charge is 2.31. The van der Waals surface area contributed by atoms with Gasteiger partial charge in [-0.3, -0.25) is 5.41 Å². The van der Waals surface area contributed by atoms with Crippen LogP contribution in [0.15, 0.2) is 48.5 Å². The Morgan fingerprint density at radius 2 is 1.94 bits per heavy atom. The molecule has 3 N–H and O–H groups in total. The number of benzene rings is 2. The Kier molecular flexibility index (Phi) is 8.43. The van der Waals surface area contributed by atoms with Crippen molar-refractivity contribution in [3.05, 3.63) is 54.1 Å². The summed E-state index contributed by atoms with van der Waals surface area (Å²) in [5, 5.41) is 8.76. The van der Waals surface area contributed by atoms with Crippen LogP contribution in [0.4, 0.5) is 18.9 Å². The van der Waals surface area contributed by atoms with E-state index in [2.05, 4.69) is 16.6 Å². The number of hydrogen-bond acceptors (Lipinski definition) is 4. The number of alkyl halides is 3. The standard InChI is InChI=1S/C24H31F3N4O2/c1-18-5-3-13-30(16-18)23(29)31(14-4-12-28)20-8-10-21(11-9-20)32-17-19-6-2-7-22(15-19)33-24(25,26)27/h2,6-11,15,18,29H,3-5,12-14,16-17,28H2,1H3. The molecule has 1 unspecified atom stereocenters. The molecule has 1 aliphatic rings. The molecule has 3 rings (SSSR count). The molecule has 1 saturated heterocycles. The van der Waals surface area contributed by atoms with Crippen LogP contribution in [-0.4, -0.2) is 43.4 Å². The van der Waals surface area contributed by atoms with Gasteiger partial charge >= 0.3 is 6.36 Å². The molecular weight excluding hydrogens is 433 g/mol. The van der Waals surface area contributed by atoms with Crippen molar-refractivity contribution >= 4 is 11.6 Å².